The zero-order valence-electron chi connectivity index (χ0n) is 17.9. The van der Waals surface area contributed by atoms with E-state index >= 15 is 0 Å². The molecule has 2 unspecified atom stereocenters. The Hall–Kier alpha value is -1.63. The minimum atomic E-state index is -1.08. The summed E-state index contributed by atoms with van der Waals surface area (Å²) in [6.45, 7) is 8.22. The molecule has 5 nitrogen and oxygen atoms in total. The highest BCUT2D eigenvalue weighted by Gasteiger charge is 2.36. The molecule has 1 aliphatic heterocycles. The number of likely N-dealkylation sites (tertiary alicyclic amines) is 1. The number of aliphatic hydroxyl groups excluding tert-OH is 3. The molecule has 3 rings (SSSR count). The molecule has 1 heterocycles. The van der Waals surface area contributed by atoms with Crippen LogP contribution in [0.25, 0.3) is 0 Å². The van der Waals surface area contributed by atoms with Crippen LogP contribution in [0.4, 0.5) is 0 Å². The van der Waals surface area contributed by atoms with Gasteiger partial charge in [0.05, 0.1) is 18.8 Å². The molecule has 164 valence electrons. The number of nitrogens with zero attached hydrogens (tertiary/aromatic N) is 1. The highest BCUT2D eigenvalue weighted by Crippen LogP contribution is 2.30. The molecule has 0 spiro atoms. The van der Waals surface area contributed by atoms with Crippen molar-refractivity contribution in [3.63, 3.8) is 0 Å². The Morgan fingerprint density at radius 3 is 2.27 bits per heavy atom. The number of rotatable bonds is 7. The van der Waals surface area contributed by atoms with Gasteiger partial charge in [-0.1, -0.05) is 49.7 Å². The summed E-state index contributed by atoms with van der Waals surface area (Å²) in [6, 6.07) is 14.2. The van der Waals surface area contributed by atoms with Crippen LogP contribution in [0.1, 0.15) is 37.5 Å². The van der Waals surface area contributed by atoms with Gasteiger partial charge in [-0.25, -0.2) is 0 Å². The van der Waals surface area contributed by atoms with Crippen LogP contribution in [-0.4, -0.2) is 64.8 Å². The lowest BCUT2D eigenvalue weighted by molar-refractivity contribution is -0.112. The third-order valence-electron chi connectivity index (χ3n) is 5.75. The number of halogens is 1. The largest absolute Gasteiger partial charge is 0.494 e. The number of benzene rings is 2. The molecule has 1 fully saturated rings. The smallest absolute Gasteiger partial charge is 0.119 e. The molecule has 0 amide bonds. The second-order valence-corrected chi connectivity index (χ2v) is 9.17. The van der Waals surface area contributed by atoms with Crippen molar-refractivity contribution in [2.45, 2.75) is 50.9 Å². The van der Waals surface area contributed by atoms with Gasteiger partial charge in [-0.05, 0) is 48.2 Å². The summed E-state index contributed by atoms with van der Waals surface area (Å²) in [7, 11) is 0. The summed E-state index contributed by atoms with van der Waals surface area (Å²) in [5.41, 5.74) is 3.13. The maximum absolute atomic E-state index is 10.0. The molecule has 2 atom stereocenters. The highest BCUT2D eigenvalue weighted by atomic mass is 35.5. The van der Waals surface area contributed by atoms with Gasteiger partial charge in [0, 0.05) is 30.1 Å². The molecule has 0 radical (unpaired) electrons. The molecular formula is C24H32ClNO4. The fourth-order valence-electron chi connectivity index (χ4n) is 4.08. The van der Waals surface area contributed by atoms with Gasteiger partial charge in [-0.3, -0.25) is 4.90 Å². The number of hydrogen-bond acceptors (Lipinski definition) is 5. The quantitative estimate of drug-likeness (QED) is 0.626. The van der Waals surface area contributed by atoms with E-state index in [1.54, 1.807) is 0 Å². The number of β-amino-alcohol motifs (C(OH)–C–C–N with tert-alkyl or cyclic N) is 2. The van der Waals surface area contributed by atoms with Crippen molar-refractivity contribution >= 4 is 11.6 Å². The summed E-state index contributed by atoms with van der Waals surface area (Å²) in [4.78, 5) is 2.00. The van der Waals surface area contributed by atoms with Crippen LogP contribution < -0.4 is 4.74 Å². The number of piperidine rings is 1. The SMILES string of the molecule is CCOc1ccc(Cc2cc(C(C)(C)CN3CC(O)C(O)C(O)C3)ccc2Cl)cc1. The molecule has 2 aromatic rings. The number of hydrogen-bond donors (Lipinski definition) is 3. The summed E-state index contributed by atoms with van der Waals surface area (Å²) < 4.78 is 5.51. The Kier molecular flexibility index (Phi) is 7.43. The third kappa shape index (κ3) is 5.54. The number of aliphatic hydroxyl groups is 3. The van der Waals surface area contributed by atoms with Gasteiger partial charge in [0.1, 0.15) is 11.9 Å². The van der Waals surface area contributed by atoms with Crippen LogP contribution in [0.15, 0.2) is 42.5 Å². The average molecular weight is 434 g/mol. The van der Waals surface area contributed by atoms with Gasteiger partial charge in [-0.2, -0.15) is 0 Å². The first kappa shape index (κ1) is 23.0. The van der Waals surface area contributed by atoms with Gasteiger partial charge in [-0.15, -0.1) is 0 Å². The first-order valence-electron chi connectivity index (χ1n) is 10.5. The zero-order chi connectivity index (χ0) is 21.9. The van der Waals surface area contributed by atoms with Gasteiger partial charge >= 0.3 is 0 Å². The molecule has 1 aliphatic rings. The van der Waals surface area contributed by atoms with Crippen molar-refractivity contribution in [1.82, 2.24) is 4.90 Å². The van der Waals surface area contributed by atoms with Crippen molar-refractivity contribution in [2.75, 3.05) is 26.2 Å². The molecule has 2 aromatic carbocycles. The van der Waals surface area contributed by atoms with Crippen molar-refractivity contribution in [3.05, 3.63) is 64.2 Å². The van der Waals surface area contributed by atoms with E-state index in [0.717, 1.165) is 33.9 Å². The topological polar surface area (TPSA) is 73.2 Å². The lowest BCUT2D eigenvalue weighted by Gasteiger charge is -2.41. The molecule has 0 saturated carbocycles. The molecule has 30 heavy (non-hydrogen) atoms. The molecule has 0 aromatic heterocycles. The predicted octanol–water partition coefficient (Wildman–Crippen LogP) is 3.01. The van der Waals surface area contributed by atoms with Crippen LogP contribution in [0.5, 0.6) is 5.75 Å². The van der Waals surface area contributed by atoms with E-state index in [1.165, 1.54) is 0 Å². The van der Waals surface area contributed by atoms with E-state index < -0.39 is 18.3 Å². The van der Waals surface area contributed by atoms with E-state index in [9.17, 15) is 15.3 Å². The fraction of sp³-hybridized carbons (Fsp3) is 0.500. The van der Waals surface area contributed by atoms with Gasteiger partial charge < -0.3 is 20.1 Å². The van der Waals surface area contributed by atoms with Crippen molar-refractivity contribution < 1.29 is 20.1 Å². The van der Waals surface area contributed by atoms with E-state index in [2.05, 4.69) is 32.0 Å². The summed E-state index contributed by atoms with van der Waals surface area (Å²) in [5, 5.41) is 30.5. The Morgan fingerprint density at radius 1 is 1.03 bits per heavy atom. The van der Waals surface area contributed by atoms with Crippen LogP contribution >= 0.6 is 11.6 Å². The second-order valence-electron chi connectivity index (χ2n) is 8.76. The lowest BCUT2D eigenvalue weighted by Crippen LogP contribution is -2.57. The monoisotopic (exact) mass is 433 g/mol. The lowest BCUT2D eigenvalue weighted by atomic mass is 9.82. The van der Waals surface area contributed by atoms with Gasteiger partial charge in [0.25, 0.3) is 0 Å². The van der Waals surface area contributed by atoms with Crippen LogP contribution in [0.3, 0.4) is 0 Å². The summed E-state index contributed by atoms with van der Waals surface area (Å²) >= 11 is 6.49. The Labute approximate surface area is 183 Å². The van der Waals surface area contributed by atoms with Crippen LogP contribution in [0, 0.1) is 0 Å². The van der Waals surface area contributed by atoms with Crippen LogP contribution in [0.2, 0.25) is 5.02 Å². The summed E-state index contributed by atoms with van der Waals surface area (Å²) in [6.07, 6.45) is -2.24. The Bertz CT molecular complexity index is 828. The van der Waals surface area contributed by atoms with E-state index in [4.69, 9.17) is 16.3 Å². The van der Waals surface area contributed by atoms with E-state index in [0.29, 0.717) is 26.2 Å². The van der Waals surface area contributed by atoms with Crippen LogP contribution in [-0.2, 0) is 11.8 Å². The molecule has 3 N–H and O–H groups in total. The molecule has 0 bridgehead atoms. The standard InChI is InChI=1S/C24H32ClNO4/c1-4-30-19-8-5-16(6-9-19)11-17-12-18(7-10-20(17)25)24(2,3)15-26-13-21(27)23(29)22(28)14-26/h5-10,12,21-23,27-29H,4,11,13-15H2,1-3H3. The van der Waals surface area contributed by atoms with Crippen molar-refractivity contribution in [2.24, 2.45) is 0 Å². The minimum Gasteiger partial charge on any atom is -0.494 e. The predicted molar refractivity (Wildman–Crippen MR) is 119 cm³/mol. The van der Waals surface area contributed by atoms with E-state index in [1.807, 2.05) is 36.1 Å². The molecular weight excluding hydrogens is 402 g/mol. The molecule has 1 saturated heterocycles. The minimum absolute atomic E-state index is 0.222. The highest BCUT2D eigenvalue weighted by molar-refractivity contribution is 6.31. The number of ether oxygens (including phenoxy) is 1. The zero-order valence-corrected chi connectivity index (χ0v) is 18.6. The first-order chi connectivity index (χ1) is 14.2. The maximum Gasteiger partial charge on any atom is 0.119 e. The molecule has 0 aliphatic carbocycles. The Balaban J connectivity index is 1.74. The fourth-order valence-corrected chi connectivity index (χ4v) is 4.26. The van der Waals surface area contributed by atoms with E-state index in [-0.39, 0.29) is 5.41 Å². The maximum atomic E-state index is 10.0. The van der Waals surface area contributed by atoms with Crippen molar-refractivity contribution in [1.29, 1.82) is 0 Å². The Morgan fingerprint density at radius 2 is 1.67 bits per heavy atom. The van der Waals surface area contributed by atoms with Gasteiger partial charge in [0.15, 0.2) is 0 Å². The average Bonchev–Trinajstić information content (AvgIpc) is 2.69. The summed E-state index contributed by atoms with van der Waals surface area (Å²) in [5.74, 6) is 0.859. The second kappa shape index (κ2) is 9.67. The van der Waals surface area contributed by atoms with Crippen molar-refractivity contribution in [3.8, 4) is 5.75 Å². The normalized spacial score (nSPS) is 22.8. The first-order valence-corrected chi connectivity index (χ1v) is 10.8. The third-order valence-corrected chi connectivity index (χ3v) is 6.12. The van der Waals surface area contributed by atoms with Gasteiger partial charge in [0.2, 0.25) is 0 Å². The molecule has 6 heteroatoms.